The molecule has 0 fully saturated rings. The molecule has 0 unspecified atom stereocenters. The molecule has 0 spiro atoms. The van der Waals surface area contributed by atoms with E-state index in [0.29, 0.717) is 0 Å². The summed E-state index contributed by atoms with van der Waals surface area (Å²) >= 11 is 0. The fourth-order valence-corrected chi connectivity index (χ4v) is 2.78. The fourth-order valence-electron chi connectivity index (χ4n) is 2.78. The molecule has 0 bridgehead atoms. The monoisotopic (exact) mass is 296 g/mol. The Hall–Kier alpha value is -1.76. The minimum absolute atomic E-state index is 0.107. The Morgan fingerprint density at radius 2 is 1.23 bits per heavy atom. The molecule has 2 rings (SSSR count). The van der Waals surface area contributed by atoms with Gasteiger partial charge in [-0.2, -0.15) is 0 Å². The molecule has 0 heterocycles. The molecule has 1 heteroatoms. The summed E-state index contributed by atoms with van der Waals surface area (Å²) in [5.74, 6) is 0.911. The van der Waals surface area contributed by atoms with Crippen LogP contribution in [0.5, 0.6) is 5.75 Å². The molecule has 0 aliphatic rings. The van der Waals surface area contributed by atoms with Gasteiger partial charge in [-0.05, 0) is 46.1 Å². The Morgan fingerprint density at radius 3 is 1.68 bits per heavy atom. The van der Waals surface area contributed by atoms with E-state index in [1.54, 1.807) is 7.11 Å². The molecule has 0 aliphatic carbocycles. The van der Waals surface area contributed by atoms with Crippen molar-refractivity contribution in [3.8, 4) is 5.75 Å². The lowest BCUT2D eigenvalue weighted by Crippen LogP contribution is -2.20. The molecular formula is C21H28O. The molecule has 0 saturated heterocycles. The zero-order valence-electron chi connectivity index (χ0n) is 14.7. The van der Waals surface area contributed by atoms with Crippen molar-refractivity contribution < 1.29 is 4.74 Å². The molecular weight excluding hydrogens is 268 g/mol. The van der Waals surface area contributed by atoms with Gasteiger partial charge in [0.2, 0.25) is 0 Å². The smallest absolute Gasteiger partial charge is 0.118 e. The standard InChI is InChI=1S/C21H28O/c1-20(2,3)17-9-7-16(8-10-17)15-21(4,5)18-11-13-19(22-6)14-12-18/h7-14H,15H2,1-6H3. The first-order chi connectivity index (χ1) is 10.2. The molecule has 0 radical (unpaired) electrons. The van der Waals surface area contributed by atoms with Gasteiger partial charge in [0, 0.05) is 0 Å². The predicted octanol–water partition coefficient (Wildman–Crippen LogP) is 5.51. The van der Waals surface area contributed by atoms with Gasteiger partial charge < -0.3 is 4.74 Å². The third-order valence-corrected chi connectivity index (χ3v) is 4.34. The van der Waals surface area contributed by atoms with E-state index in [2.05, 4.69) is 71.0 Å². The Labute approximate surface area is 135 Å². The molecule has 0 aromatic heterocycles. The summed E-state index contributed by atoms with van der Waals surface area (Å²) in [4.78, 5) is 0. The van der Waals surface area contributed by atoms with E-state index in [1.807, 2.05) is 12.1 Å². The predicted molar refractivity (Wildman–Crippen MR) is 94.9 cm³/mol. The van der Waals surface area contributed by atoms with E-state index < -0.39 is 0 Å². The third kappa shape index (κ3) is 3.91. The van der Waals surface area contributed by atoms with E-state index in [9.17, 15) is 0 Å². The van der Waals surface area contributed by atoms with Crippen LogP contribution in [0.15, 0.2) is 48.5 Å². The van der Waals surface area contributed by atoms with Crippen LogP contribution in [0.25, 0.3) is 0 Å². The summed E-state index contributed by atoms with van der Waals surface area (Å²) in [6, 6.07) is 17.5. The lowest BCUT2D eigenvalue weighted by molar-refractivity contribution is 0.414. The summed E-state index contributed by atoms with van der Waals surface area (Å²) in [5, 5.41) is 0. The average Bonchev–Trinajstić information content (AvgIpc) is 2.46. The molecule has 118 valence electrons. The van der Waals surface area contributed by atoms with Crippen molar-refractivity contribution in [3.63, 3.8) is 0 Å². The van der Waals surface area contributed by atoms with Crippen molar-refractivity contribution in [1.82, 2.24) is 0 Å². The molecule has 0 amide bonds. The van der Waals surface area contributed by atoms with Crippen LogP contribution >= 0.6 is 0 Å². The number of hydrogen-bond acceptors (Lipinski definition) is 1. The van der Waals surface area contributed by atoms with Crippen LogP contribution in [0.2, 0.25) is 0 Å². The quantitative estimate of drug-likeness (QED) is 0.722. The van der Waals surface area contributed by atoms with E-state index in [0.717, 1.165) is 12.2 Å². The Balaban J connectivity index is 2.17. The van der Waals surface area contributed by atoms with Crippen molar-refractivity contribution in [2.24, 2.45) is 0 Å². The van der Waals surface area contributed by atoms with Gasteiger partial charge in [0.1, 0.15) is 5.75 Å². The van der Waals surface area contributed by atoms with Gasteiger partial charge in [-0.3, -0.25) is 0 Å². The van der Waals surface area contributed by atoms with Gasteiger partial charge in [0.15, 0.2) is 0 Å². The summed E-state index contributed by atoms with van der Waals surface area (Å²) in [5.41, 5.74) is 4.43. The van der Waals surface area contributed by atoms with Crippen molar-refractivity contribution in [2.75, 3.05) is 7.11 Å². The lowest BCUT2D eigenvalue weighted by Gasteiger charge is -2.26. The van der Waals surface area contributed by atoms with Crippen LogP contribution < -0.4 is 4.74 Å². The highest BCUT2D eigenvalue weighted by Crippen LogP contribution is 2.30. The zero-order chi connectivity index (χ0) is 16.4. The largest absolute Gasteiger partial charge is 0.497 e. The highest BCUT2D eigenvalue weighted by Gasteiger charge is 2.21. The van der Waals surface area contributed by atoms with Gasteiger partial charge >= 0.3 is 0 Å². The van der Waals surface area contributed by atoms with Crippen LogP contribution in [-0.4, -0.2) is 7.11 Å². The van der Waals surface area contributed by atoms with Crippen molar-refractivity contribution in [2.45, 2.75) is 51.9 Å². The van der Waals surface area contributed by atoms with Gasteiger partial charge in [-0.15, -0.1) is 0 Å². The molecule has 0 saturated carbocycles. The van der Waals surface area contributed by atoms with E-state index in [4.69, 9.17) is 4.74 Å². The van der Waals surface area contributed by atoms with Crippen LogP contribution in [0.4, 0.5) is 0 Å². The zero-order valence-corrected chi connectivity index (χ0v) is 14.7. The number of ether oxygens (including phenoxy) is 1. The van der Waals surface area contributed by atoms with Crippen LogP contribution in [-0.2, 0) is 17.3 Å². The Bertz CT molecular complexity index is 598. The van der Waals surface area contributed by atoms with Gasteiger partial charge in [0.05, 0.1) is 7.11 Å². The first-order valence-electron chi connectivity index (χ1n) is 7.96. The first-order valence-corrected chi connectivity index (χ1v) is 7.96. The summed E-state index contributed by atoms with van der Waals surface area (Å²) in [6.45, 7) is 11.4. The normalized spacial score (nSPS) is 12.3. The fraction of sp³-hybridized carbons (Fsp3) is 0.429. The van der Waals surface area contributed by atoms with E-state index >= 15 is 0 Å². The molecule has 1 nitrogen and oxygen atoms in total. The number of methoxy groups -OCH3 is 1. The van der Waals surface area contributed by atoms with E-state index in [-0.39, 0.29) is 10.8 Å². The lowest BCUT2D eigenvalue weighted by atomic mass is 9.78. The Kier molecular flexibility index (Phi) is 4.65. The summed E-state index contributed by atoms with van der Waals surface area (Å²) in [7, 11) is 1.71. The second-order valence-corrected chi connectivity index (χ2v) is 7.74. The topological polar surface area (TPSA) is 9.23 Å². The highest BCUT2D eigenvalue weighted by molar-refractivity contribution is 5.34. The highest BCUT2D eigenvalue weighted by atomic mass is 16.5. The number of rotatable bonds is 4. The van der Waals surface area contributed by atoms with Crippen molar-refractivity contribution in [1.29, 1.82) is 0 Å². The maximum atomic E-state index is 5.25. The molecule has 22 heavy (non-hydrogen) atoms. The molecule has 0 atom stereocenters. The SMILES string of the molecule is COc1ccc(C(C)(C)Cc2ccc(C(C)(C)C)cc2)cc1. The molecule has 2 aromatic carbocycles. The second-order valence-electron chi connectivity index (χ2n) is 7.74. The number of benzene rings is 2. The average molecular weight is 296 g/mol. The maximum absolute atomic E-state index is 5.25. The van der Waals surface area contributed by atoms with E-state index in [1.165, 1.54) is 16.7 Å². The summed E-state index contributed by atoms with van der Waals surface area (Å²) < 4.78 is 5.25. The van der Waals surface area contributed by atoms with Crippen molar-refractivity contribution >= 4 is 0 Å². The minimum atomic E-state index is 0.107. The third-order valence-electron chi connectivity index (χ3n) is 4.34. The van der Waals surface area contributed by atoms with Crippen LogP contribution in [0.1, 0.15) is 51.3 Å². The van der Waals surface area contributed by atoms with Gasteiger partial charge in [-0.1, -0.05) is 71.0 Å². The maximum Gasteiger partial charge on any atom is 0.118 e. The van der Waals surface area contributed by atoms with Gasteiger partial charge in [0.25, 0.3) is 0 Å². The summed E-state index contributed by atoms with van der Waals surface area (Å²) in [6.07, 6.45) is 1.03. The minimum Gasteiger partial charge on any atom is -0.497 e. The van der Waals surface area contributed by atoms with Crippen molar-refractivity contribution in [3.05, 3.63) is 65.2 Å². The number of hydrogen-bond donors (Lipinski definition) is 0. The molecule has 2 aromatic rings. The van der Waals surface area contributed by atoms with Gasteiger partial charge in [-0.25, -0.2) is 0 Å². The van der Waals surface area contributed by atoms with Crippen LogP contribution in [0.3, 0.4) is 0 Å². The second kappa shape index (κ2) is 6.16. The molecule has 0 aliphatic heterocycles. The first kappa shape index (κ1) is 16.6. The Morgan fingerprint density at radius 1 is 0.727 bits per heavy atom. The molecule has 0 N–H and O–H groups in total. The van der Waals surface area contributed by atoms with Crippen LogP contribution in [0, 0.1) is 0 Å².